The van der Waals surface area contributed by atoms with Crippen LogP contribution in [-0.2, 0) is 4.79 Å². The Bertz CT molecular complexity index is 386. The number of fused-ring (bicyclic) bond motifs is 5. The molecule has 0 amide bonds. The van der Waals surface area contributed by atoms with Crippen LogP contribution in [0.25, 0.3) is 0 Å². The summed E-state index contributed by atoms with van der Waals surface area (Å²) < 4.78 is 0. The summed E-state index contributed by atoms with van der Waals surface area (Å²) in [6.07, 6.45) is 8.19. The minimum absolute atomic E-state index is 0.335. The van der Waals surface area contributed by atoms with E-state index in [1.54, 1.807) is 0 Å². The number of allylic oxidation sites excluding steroid dienone is 4. The van der Waals surface area contributed by atoms with Crippen LogP contribution in [0.5, 0.6) is 0 Å². The molecule has 0 aromatic heterocycles. The summed E-state index contributed by atoms with van der Waals surface area (Å²) in [6.45, 7) is 6.85. The molecule has 2 bridgehead atoms. The molecule has 3 rings (SSSR count). The molecule has 4 atom stereocenters. The van der Waals surface area contributed by atoms with Gasteiger partial charge in [0.2, 0.25) is 0 Å². The van der Waals surface area contributed by atoms with Crippen molar-refractivity contribution >= 4 is 13.9 Å². The fourth-order valence-electron chi connectivity index (χ4n) is 3.53. The maximum absolute atomic E-state index is 12.4. The first-order valence-electron chi connectivity index (χ1n) is 5.93. The summed E-state index contributed by atoms with van der Waals surface area (Å²) in [5.41, 5.74) is 0. The van der Waals surface area contributed by atoms with Gasteiger partial charge in [0.05, 0.1) is 8.07 Å². The first-order chi connectivity index (χ1) is 6.98. The average Bonchev–Trinajstić information content (AvgIpc) is 2.73. The first kappa shape index (κ1) is 9.58. The van der Waals surface area contributed by atoms with Crippen molar-refractivity contribution in [2.45, 2.75) is 26.1 Å². The molecule has 15 heavy (non-hydrogen) atoms. The lowest BCUT2D eigenvalue weighted by Gasteiger charge is -2.20. The van der Waals surface area contributed by atoms with Gasteiger partial charge < -0.3 is 0 Å². The van der Waals surface area contributed by atoms with E-state index in [1.165, 1.54) is 11.6 Å². The Morgan fingerprint density at radius 1 is 1.20 bits per heavy atom. The number of hydrogen-bond donors (Lipinski definition) is 0. The molecular weight excluding hydrogens is 200 g/mol. The molecule has 0 N–H and O–H groups in total. The van der Waals surface area contributed by atoms with Crippen LogP contribution in [0.15, 0.2) is 23.4 Å². The third-order valence-electron chi connectivity index (χ3n) is 4.26. The van der Waals surface area contributed by atoms with E-state index < -0.39 is 8.07 Å². The van der Waals surface area contributed by atoms with E-state index in [1.807, 2.05) is 0 Å². The van der Waals surface area contributed by atoms with Crippen LogP contribution >= 0.6 is 0 Å². The van der Waals surface area contributed by atoms with E-state index >= 15 is 0 Å². The smallest absolute Gasteiger partial charge is 0.158 e. The Hall–Kier alpha value is -0.633. The van der Waals surface area contributed by atoms with Crippen LogP contribution in [0.4, 0.5) is 0 Å². The quantitative estimate of drug-likeness (QED) is 0.488. The van der Waals surface area contributed by atoms with E-state index in [0.717, 1.165) is 0 Å². The molecule has 0 aromatic rings. The van der Waals surface area contributed by atoms with Gasteiger partial charge in [0.1, 0.15) is 0 Å². The van der Waals surface area contributed by atoms with Crippen molar-refractivity contribution in [3.05, 3.63) is 23.4 Å². The highest BCUT2D eigenvalue weighted by Crippen LogP contribution is 2.53. The SMILES string of the molecule is C[Si](C)(C)C1=C[C@H]2[C@@H](C1=O)[C@H]1C=C[C@@H]2C1. The first-order valence-corrected chi connectivity index (χ1v) is 9.43. The highest BCUT2D eigenvalue weighted by Gasteiger charge is 2.52. The molecule has 80 valence electrons. The molecule has 2 heteroatoms. The Morgan fingerprint density at radius 3 is 2.47 bits per heavy atom. The molecule has 0 radical (unpaired) electrons. The lowest BCUT2D eigenvalue weighted by atomic mass is 9.85. The molecule has 1 saturated carbocycles. The Morgan fingerprint density at radius 2 is 1.87 bits per heavy atom. The molecule has 0 unspecified atom stereocenters. The van der Waals surface area contributed by atoms with Gasteiger partial charge in [0, 0.05) is 5.92 Å². The zero-order valence-corrected chi connectivity index (χ0v) is 10.7. The summed E-state index contributed by atoms with van der Waals surface area (Å²) in [7, 11) is -1.40. The van der Waals surface area contributed by atoms with Crippen molar-refractivity contribution in [3.63, 3.8) is 0 Å². The van der Waals surface area contributed by atoms with Crippen LogP contribution in [0, 0.1) is 23.7 Å². The van der Waals surface area contributed by atoms with Crippen molar-refractivity contribution < 1.29 is 4.79 Å². The lowest BCUT2D eigenvalue weighted by molar-refractivity contribution is -0.119. The van der Waals surface area contributed by atoms with Crippen LogP contribution in [-0.4, -0.2) is 13.9 Å². The summed E-state index contributed by atoms with van der Waals surface area (Å²) in [4.78, 5) is 12.4. The minimum atomic E-state index is -1.40. The van der Waals surface area contributed by atoms with Crippen LogP contribution in [0.3, 0.4) is 0 Å². The molecule has 0 spiro atoms. The van der Waals surface area contributed by atoms with Gasteiger partial charge in [-0.05, 0) is 29.4 Å². The number of Topliss-reactive ketones (excluding diaryl/α,β-unsaturated/α-hetero) is 1. The van der Waals surface area contributed by atoms with Gasteiger partial charge >= 0.3 is 0 Å². The second-order valence-corrected chi connectivity index (χ2v) is 11.3. The second-order valence-electron chi connectivity index (χ2n) is 6.25. The van der Waals surface area contributed by atoms with E-state index in [0.29, 0.717) is 29.5 Å². The molecule has 0 aliphatic heterocycles. The molecular formula is C13H18OSi. The molecule has 1 fully saturated rings. The largest absolute Gasteiger partial charge is 0.295 e. The second kappa shape index (κ2) is 2.73. The Balaban J connectivity index is 1.99. The number of rotatable bonds is 1. The fourth-order valence-corrected chi connectivity index (χ4v) is 5.13. The van der Waals surface area contributed by atoms with Crippen LogP contribution in [0.2, 0.25) is 19.6 Å². The Labute approximate surface area is 92.3 Å². The maximum Gasteiger partial charge on any atom is 0.158 e. The molecule has 0 saturated heterocycles. The van der Waals surface area contributed by atoms with Gasteiger partial charge in [0.15, 0.2) is 5.78 Å². The molecule has 0 aromatic carbocycles. The van der Waals surface area contributed by atoms with Crippen LogP contribution < -0.4 is 0 Å². The average molecular weight is 218 g/mol. The van der Waals surface area contributed by atoms with E-state index in [2.05, 4.69) is 37.9 Å². The van der Waals surface area contributed by atoms with Gasteiger partial charge in [0.25, 0.3) is 0 Å². The summed E-state index contributed by atoms with van der Waals surface area (Å²) in [5.74, 6) is 2.64. The number of hydrogen-bond acceptors (Lipinski definition) is 1. The summed E-state index contributed by atoms with van der Waals surface area (Å²) >= 11 is 0. The van der Waals surface area contributed by atoms with Crippen molar-refractivity contribution in [2.24, 2.45) is 23.7 Å². The van der Waals surface area contributed by atoms with Gasteiger partial charge in [-0.3, -0.25) is 4.79 Å². The lowest BCUT2D eigenvalue weighted by Crippen LogP contribution is -2.31. The van der Waals surface area contributed by atoms with Gasteiger partial charge in [-0.1, -0.05) is 37.9 Å². The van der Waals surface area contributed by atoms with Crippen LogP contribution in [0.1, 0.15) is 6.42 Å². The Kier molecular flexibility index (Phi) is 1.74. The maximum atomic E-state index is 12.4. The zero-order valence-electron chi connectivity index (χ0n) is 9.66. The van der Waals surface area contributed by atoms with Gasteiger partial charge in [-0.15, -0.1) is 0 Å². The third-order valence-corrected chi connectivity index (χ3v) is 6.28. The predicted molar refractivity (Wildman–Crippen MR) is 64.2 cm³/mol. The number of carbonyl (C=O) groups excluding carboxylic acids is 1. The zero-order chi connectivity index (χ0) is 10.8. The molecule has 3 aliphatic carbocycles. The molecule has 1 nitrogen and oxygen atoms in total. The van der Waals surface area contributed by atoms with Crippen molar-refractivity contribution in [3.8, 4) is 0 Å². The minimum Gasteiger partial charge on any atom is -0.295 e. The summed E-state index contributed by atoms with van der Waals surface area (Å²) in [6, 6.07) is 0. The van der Waals surface area contributed by atoms with Crippen molar-refractivity contribution in [1.29, 1.82) is 0 Å². The van der Waals surface area contributed by atoms with Crippen molar-refractivity contribution in [2.75, 3.05) is 0 Å². The number of ketones is 1. The van der Waals surface area contributed by atoms with E-state index in [9.17, 15) is 4.79 Å². The third kappa shape index (κ3) is 1.17. The molecule has 0 heterocycles. The monoisotopic (exact) mass is 218 g/mol. The van der Waals surface area contributed by atoms with E-state index in [-0.39, 0.29) is 0 Å². The van der Waals surface area contributed by atoms with Crippen molar-refractivity contribution in [1.82, 2.24) is 0 Å². The highest BCUT2D eigenvalue weighted by atomic mass is 28.3. The topological polar surface area (TPSA) is 17.1 Å². The standard InChI is InChI=1S/C13H18OSi/c1-15(2,3)11-7-10-8-4-5-9(6-8)12(10)13(11)14/h4-5,7-10,12H,6H2,1-3H3/t8-,9+,10-,12+/m1/s1. The van der Waals surface area contributed by atoms with Gasteiger partial charge in [-0.25, -0.2) is 0 Å². The fraction of sp³-hybridized carbons (Fsp3) is 0.615. The molecule has 3 aliphatic rings. The normalized spacial score (nSPS) is 42.3. The summed E-state index contributed by atoms with van der Waals surface area (Å²) in [5, 5.41) is 1.22. The van der Waals surface area contributed by atoms with Gasteiger partial charge in [-0.2, -0.15) is 0 Å². The number of carbonyl (C=O) groups is 1. The predicted octanol–water partition coefficient (Wildman–Crippen LogP) is 2.81. The van der Waals surface area contributed by atoms with E-state index in [4.69, 9.17) is 0 Å². The highest BCUT2D eigenvalue weighted by molar-refractivity contribution is 6.87.